The normalized spacial score (nSPS) is 15.5. The molecule has 0 saturated carbocycles. The third-order valence-corrected chi connectivity index (χ3v) is 3.99. The van der Waals surface area contributed by atoms with Gasteiger partial charge in [-0.05, 0) is 37.8 Å². The highest BCUT2D eigenvalue weighted by atomic mass is 16.5. The third kappa shape index (κ3) is 4.23. The Bertz CT molecular complexity index is 522. The average molecular weight is 304 g/mol. The molecule has 1 amide bonds. The minimum absolute atomic E-state index is 0.0746. The van der Waals surface area contributed by atoms with E-state index in [0.717, 1.165) is 25.9 Å². The van der Waals surface area contributed by atoms with Gasteiger partial charge in [0.1, 0.15) is 0 Å². The fourth-order valence-corrected chi connectivity index (χ4v) is 2.56. The summed E-state index contributed by atoms with van der Waals surface area (Å²) in [5.41, 5.74) is 1.10. The van der Waals surface area contributed by atoms with E-state index in [-0.39, 0.29) is 18.4 Å². The first-order valence-electron chi connectivity index (χ1n) is 7.89. The predicted octanol–water partition coefficient (Wildman–Crippen LogP) is 2.53. The van der Waals surface area contributed by atoms with E-state index in [0.29, 0.717) is 23.8 Å². The number of likely N-dealkylation sites (tertiary alicyclic amines) is 1. The molecule has 0 atom stereocenters. The molecule has 22 heavy (non-hydrogen) atoms. The van der Waals surface area contributed by atoms with Crippen LogP contribution in [0, 0.1) is 5.92 Å². The van der Waals surface area contributed by atoms with Crippen molar-refractivity contribution >= 4 is 17.6 Å². The average Bonchev–Trinajstić information content (AvgIpc) is 2.54. The van der Waals surface area contributed by atoms with E-state index in [1.54, 1.807) is 25.1 Å². The van der Waals surface area contributed by atoms with Crippen LogP contribution in [0.4, 0.5) is 5.69 Å². The fourth-order valence-electron chi connectivity index (χ4n) is 2.56. The number of esters is 1. The van der Waals surface area contributed by atoms with Crippen molar-refractivity contribution in [3.05, 3.63) is 29.8 Å². The summed E-state index contributed by atoms with van der Waals surface area (Å²) in [7, 11) is 0. The van der Waals surface area contributed by atoms with E-state index in [9.17, 15) is 9.59 Å². The van der Waals surface area contributed by atoms with Crippen molar-refractivity contribution < 1.29 is 14.3 Å². The highest BCUT2D eigenvalue weighted by Crippen LogP contribution is 2.18. The zero-order valence-corrected chi connectivity index (χ0v) is 13.3. The van der Waals surface area contributed by atoms with E-state index in [4.69, 9.17) is 4.74 Å². The molecule has 1 aliphatic heterocycles. The number of hydrogen-bond donors (Lipinski definition) is 1. The Morgan fingerprint density at radius 1 is 1.27 bits per heavy atom. The molecule has 0 unspecified atom stereocenters. The van der Waals surface area contributed by atoms with Crippen LogP contribution in [0.15, 0.2) is 24.3 Å². The number of piperidine rings is 1. The molecule has 120 valence electrons. The van der Waals surface area contributed by atoms with Gasteiger partial charge in [0, 0.05) is 18.8 Å². The van der Waals surface area contributed by atoms with Crippen LogP contribution < -0.4 is 5.32 Å². The van der Waals surface area contributed by atoms with Crippen molar-refractivity contribution in [2.75, 3.05) is 31.6 Å². The van der Waals surface area contributed by atoms with Crippen molar-refractivity contribution in [1.82, 2.24) is 4.90 Å². The van der Waals surface area contributed by atoms with Crippen LogP contribution in [0.1, 0.15) is 37.0 Å². The predicted molar refractivity (Wildman–Crippen MR) is 85.9 cm³/mol. The van der Waals surface area contributed by atoms with Gasteiger partial charge in [0.15, 0.2) is 0 Å². The smallest absolute Gasteiger partial charge is 0.340 e. The first kappa shape index (κ1) is 16.3. The molecule has 5 nitrogen and oxygen atoms in total. The summed E-state index contributed by atoms with van der Waals surface area (Å²) in [4.78, 5) is 26.0. The second kappa shape index (κ2) is 7.82. The summed E-state index contributed by atoms with van der Waals surface area (Å²) in [5, 5.41) is 3.07. The quantitative estimate of drug-likeness (QED) is 0.849. The minimum atomic E-state index is -0.371. The molecule has 1 aromatic carbocycles. The summed E-state index contributed by atoms with van der Waals surface area (Å²) < 4.78 is 5.03. The number of hydrogen-bond acceptors (Lipinski definition) is 4. The molecular formula is C17H24N2O3. The molecule has 1 aliphatic rings. The molecule has 5 heteroatoms. The van der Waals surface area contributed by atoms with Gasteiger partial charge in [0.25, 0.3) is 0 Å². The first-order valence-corrected chi connectivity index (χ1v) is 7.89. The molecule has 0 aromatic heterocycles. The number of carbonyl (C=O) groups is 2. The lowest BCUT2D eigenvalue weighted by atomic mass is 9.99. The molecular weight excluding hydrogens is 280 g/mol. The maximum Gasteiger partial charge on any atom is 0.340 e. The molecule has 1 heterocycles. The Morgan fingerprint density at radius 3 is 2.64 bits per heavy atom. The second-order valence-corrected chi connectivity index (χ2v) is 5.68. The Morgan fingerprint density at radius 2 is 1.95 bits per heavy atom. The van der Waals surface area contributed by atoms with Gasteiger partial charge in [-0.3, -0.25) is 4.79 Å². The maximum absolute atomic E-state index is 12.2. The van der Waals surface area contributed by atoms with Gasteiger partial charge in [0.05, 0.1) is 18.7 Å². The molecule has 0 spiro atoms. The molecule has 2 rings (SSSR count). The van der Waals surface area contributed by atoms with E-state index >= 15 is 0 Å². The van der Waals surface area contributed by atoms with E-state index in [2.05, 4.69) is 12.2 Å². The number of rotatable bonds is 5. The van der Waals surface area contributed by atoms with Crippen LogP contribution in [0.5, 0.6) is 0 Å². The zero-order valence-electron chi connectivity index (χ0n) is 13.3. The molecule has 1 aromatic rings. The van der Waals surface area contributed by atoms with Crippen molar-refractivity contribution in [1.29, 1.82) is 0 Å². The van der Waals surface area contributed by atoms with Crippen LogP contribution in [0.3, 0.4) is 0 Å². The van der Waals surface area contributed by atoms with Crippen LogP contribution in [-0.2, 0) is 9.53 Å². The lowest BCUT2D eigenvalue weighted by molar-refractivity contribution is -0.130. The van der Waals surface area contributed by atoms with Crippen molar-refractivity contribution in [3.63, 3.8) is 0 Å². The molecule has 1 N–H and O–H groups in total. The van der Waals surface area contributed by atoms with Gasteiger partial charge in [-0.25, -0.2) is 4.79 Å². The Kier molecular flexibility index (Phi) is 5.81. The van der Waals surface area contributed by atoms with Crippen LogP contribution in [0.25, 0.3) is 0 Å². The van der Waals surface area contributed by atoms with Gasteiger partial charge in [-0.2, -0.15) is 0 Å². The Labute approximate surface area is 131 Å². The van der Waals surface area contributed by atoms with Crippen molar-refractivity contribution in [3.8, 4) is 0 Å². The number of nitrogens with one attached hydrogen (secondary N) is 1. The van der Waals surface area contributed by atoms with Gasteiger partial charge < -0.3 is 15.0 Å². The SMILES string of the molecule is CCOC(=O)c1ccccc1NCC(=O)N1CCC(C)CC1. The van der Waals surface area contributed by atoms with Crippen molar-refractivity contribution in [2.45, 2.75) is 26.7 Å². The molecule has 0 bridgehead atoms. The van der Waals surface area contributed by atoms with Gasteiger partial charge >= 0.3 is 5.97 Å². The molecule has 1 fully saturated rings. The summed E-state index contributed by atoms with van der Waals surface area (Å²) in [6, 6.07) is 7.11. The number of nitrogens with zero attached hydrogens (tertiary/aromatic N) is 1. The number of anilines is 1. The Hall–Kier alpha value is -2.04. The summed E-state index contributed by atoms with van der Waals surface area (Å²) in [6.07, 6.45) is 2.12. The summed E-state index contributed by atoms with van der Waals surface area (Å²) >= 11 is 0. The topological polar surface area (TPSA) is 58.6 Å². The van der Waals surface area contributed by atoms with E-state index in [1.165, 1.54) is 0 Å². The zero-order chi connectivity index (χ0) is 15.9. The van der Waals surface area contributed by atoms with Crippen LogP contribution in [0.2, 0.25) is 0 Å². The number of ether oxygens (including phenoxy) is 1. The van der Waals surface area contributed by atoms with Gasteiger partial charge in [-0.1, -0.05) is 19.1 Å². The lowest BCUT2D eigenvalue weighted by Gasteiger charge is -2.30. The van der Waals surface area contributed by atoms with Gasteiger partial charge in [0.2, 0.25) is 5.91 Å². The number of benzene rings is 1. The Balaban J connectivity index is 1.94. The number of carbonyl (C=O) groups excluding carboxylic acids is 2. The molecule has 1 saturated heterocycles. The maximum atomic E-state index is 12.2. The van der Waals surface area contributed by atoms with Crippen molar-refractivity contribution in [2.24, 2.45) is 5.92 Å². The minimum Gasteiger partial charge on any atom is -0.462 e. The van der Waals surface area contributed by atoms with Crippen LogP contribution >= 0.6 is 0 Å². The highest BCUT2D eigenvalue weighted by Gasteiger charge is 2.20. The number of amides is 1. The highest BCUT2D eigenvalue weighted by molar-refractivity contribution is 5.96. The third-order valence-electron chi connectivity index (χ3n) is 3.99. The first-order chi connectivity index (χ1) is 10.6. The standard InChI is InChI=1S/C17H24N2O3/c1-3-22-17(21)14-6-4-5-7-15(14)18-12-16(20)19-10-8-13(2)9-11-19/h4-7,13,18H,3,8-12H2,1-2H3. The largest absolute Gasteiger partial charge is 0.462 e. The number of para-hydroxylation sites is 1. The van der Waals surface area contributed by atoms with E-state index < -0.39 is 0 Å². The molecule has 0 aliphatic carbocycles. The summed E-state index contributed by atoms with van der Waals surface area (Å²) in [5.74, 6) is 0.400. The second-order valence-electron chi connectivity index (χ2n) is 5.68. The molecule has 0 radical (unpaired) electrons. The van der Waals surface area contributed by atoms with Crippen LogP contribution in [-0.4, -0.2) is 43.0 Å². The monoisotopic (exact) mass is 304 g/mol. The summed E-state index contributed by atoms with van der Waals surface area (Å²) in [6.45, 7) is 6.16. The van der Waals surface area contributed by atoms with Gasteiger partial charge in [-0.15, -0.1) is 0 Å². The lowest BCUT2D eigenvalue weighted by Crippen LogP contribution is -2.41. The fraction of sp³-hybridized carbons (Fsp3) is 0.529. The van der Waals surface area contributed by atoms with E-state index in [1.807, 2.05) is 11.0 Å².